The molecule has 0 aliphatic carbocycles. The molecule has 0 aromatic carbocycles. The molecule has 0 fully saturated rings. The standard InChI is InChI=1S/C15H20N2O2S/c1-12(13-4-6-16-7-5-13)17-9-14(18)10-19-11-15-3-2-8-20-15/h2-8,12,14,17-18H,9-11H2,1H3. The maximum Gasteiger partial charge on any atom is 0.0898 e. The van der Waals surface area contributed by atoms with Gasteiger partial charge in [0.25, 0.3) is 0 Å². The van der Waals surface area contributed by atoms with Gasteiger partial charge in [0.1, 0.15) is 0 Å². The third-order valence-corrected chi connectivity index (χ3v) is 3.85. The van der Waals surface area contributed by atoms with Crippen LogP contribution >= 0.6 is 11.3 Å². The molecule has 4 nitrogen and oxygen atoms in total. The Morgan fingerprint density at radius 1 is 1.35 bits per heavy atom. The van der Waals surface area contributed by atoms with Gasteiger partial charge in [-0.15, -0.1) is 11.3 Å². The Morgan fingerprint density at radius 3 is 2.85 bits per heavy atom. The van der Waals surface area contributed by atoms with E-state index in [-0.39, 0.29) is 6.04 Å². The van der Waals surface area contributed by atoms with Crippen LogP contribution in [0.5, 0.6) is 0 Å². The summed E-state index contributed by atoms with van der Waals surface area (Å²) in [5, 5.41) is 15.2. The Hall–Kier alpha value is -1.27. The fourth-order valence-electron chi connectivity index (χ4n) is 1.83. The number of nitrogens with zero attached hydrogens (tertiary/aromatic N) is 1. The van der Waals surface area contributed by atoms with Crippen molar-refractivity contribution in [3.63, 3.8) is 0 Å². The monoisotopic (exact) mass is 292 g/mol. The quantitative estimate of drug-likeness (QED) is 0.784. The molecule has 0 aliphatic heterocycles. The molecule has 2 atom stereocenters. The SMILES string of the molecule is CC(NCC(O)COCc1cccs1)c1ccncc1. The average Bonchev–Trinajstić information content (AvgIpc) is 2.99. The molecule has 2 unspecified atom stereocenters. The number of nitrogens with one attached hydrogen (secondary N) is 1. The van der Waals surface area contributed by atoms with Gasteiger partial charge < -0.3 is 15.2 Å². The molecule has 0 aliphatic rings. The molecule has 0 radical (unpaired) electrons. The highest BCUT2D eigenvalue weighted by Gasteiger charge is 2.09. The Kier molecular flexibility index (Phi) is 6.14. The lowest BCUT2D eigenvalue weighted by Gasteiger charge is -2.17. The average molecular weight is 292 g/mol. The first kappa shape index (κ1) is 15.1. The van der Waals surface area contributed by atoms with Crippen molar-refractivity contribution in [2.75, 3.05) is 13.2 Å². The van der Waals surface area contributed by atoms with E-state index < -0.39 is 6.10 Å². The topological polar surface area (TPSA) is 54.4 Å². The molecular formula is C15H20N2O2S. The summed E-state index contributed by atoms with van der Waals surface area (Å²) in [7, 11) is 0. The lowest BCUT2D eigenvalue weighted by molar-refractivity contribution is 0.0288. The number of ether oxygens (including phenoxy) is 1. The normalized spacial score (nSPS) is 14.1. The van der Waals surface area contributed by atoms with Crippen LogP contribution in [0.2, 0.25) is 0 Å². The molecule has 0 amide bonds. The van der Waals surface area contributed by atoms with Gasteiger partial charge >= 0.3 is 0 Å². The van der Waals surface area contributed by atoms with Crippen LogP contribution in [0.15, 0.2) is 42.0 Å². The lowest BCUT2D eigenvalue weighted by atomic mass is 10.1. The van der Waals surface area contributed by atoms with Gasteiger partial charge in [0.05, 0.1) is 19.3 Å². The second-order valence-electron chi connectivity index (χ2n) is 4.66. The first-order chi connectivity index (χ1) is 9.75. The highest BCUT2D eigenvalue weighted by Crippen LogP contribution is 2.11. The minimum absolute atomic E-state index is 0.185. The van der Waals surface area contributed by atoms with Crippen molar-refractivity contribution in [3.05, 3.63) is 52.5 Å². The second kappa shape index (κ2) is 8.11. The van der Waals surface area contributed by atoms with Crippen molar-refractivity contribution in [2.24, 2.45) is 0 Å². The largest absolute Gasteiger partial charge is 0.389 e. The van der Waals surface area contributed by atoms with E-state index in [0.29, 0.717) is 19.8 Å². The van der Waals surface area contributed by atoms with Crippen LogP contribution in [-0.4, -0.2) is 29.3 Å². The molecule has 2 aromatic heterocycles. The van der Waals surface area contributed by atoms with Gasteiger partial charge in [-0.1, -0.05) is 6.07 Å². The van der Waals surface area contributed by atoms with Crippen LogP contribution in [-0.2, 0) is 11.3 Å². The molecule has 0 bridgehead atoms. The highest BCUT2D eigenvalue weighted by molar-refractivity contribution is 7.09. The minimum atomic E-state index is -0.501. The van der Waals surface area contributed by atoms with Gasteiger partial charge in [0.15, 0.2) is 0 Å². The maximum absolute atomic E-state index is 9.88. The molecule has 2 aromatic rings. The summed E-state index contributed by atoms with van der Waals surface area (Å²) in [6.45, 7) is 3.48. The summed E-state index contributed by atoms with van der Waals surface area (Å²) >= 11 is 1.66. The van der Waals surface area contributed by atoms with Crippen LogP contribution in [0.3, 0.4) is 0 Å². The van der Waals surface area contributed by atoms with E-state index in [1.54, 1.807) is 23.7 Å². The summed E-state index contributed by atoms with van der Waals surface area (Å²) in [6.07, 6.45) is 3.04. The lowest BCUT2D eigenvalue weighted by Crippen LogP contribution is -2.32. The Balaban J connectivity index is 1.63. The Bertz CT molecular complexity index is 476. The van der Waals surface area contributed by atoms with E-state index in [0.717, 1.165) is 5.56 Å². The van der Waals surface area contributed by atoms with Gasteiger partial charge in [0.2, 0.25) is 0 Å². The van der Waals surface area contributed by atoms with Crippen molar-refractivity contribution in [1.29, 1.82) is 0 Å². The summed E-state index contributed by atoms with van der Waals surface area (Å²) in [5.74, 6) is 0. The van der Waals surface area contributed by atoms with Gasteiger partial charge in [0, 0.05) is 29.9 Å². The number of aromatic nitrogens is 1. The number of hydrogen-bond donors (Lipinski definition) is 2. The molecule has 20 heavy (non-hydrogen) atoms. The number of rotatable bonds is 8. The highest BCUT2D eigenvalue weighted by atomic mass is 32.1. The number of thiophene rings is 1. The first-order valence-electron chi connectivity index (χ1n) is 6.67. The molecule has 108 valence electrons. The van der Waals surface area contributed by atoms with Crippen LogP contribution < -0.4 is 5.32 Å². The summed E-state index contributed by atoms with van der Waals surface area (Å²) in [5.41, 5.74) is 1.16. The van der Waals surface area contributed by atoms with Crippen LogP contribution in [0.1, 0.15) is 23.4 Å². The zero-order valence-electron chi connectivity index (χ0n) is 11.5. The van der Waals surface area contributed by atoms with E-state index in [9.17, 15) is 5.11 Å². The molecule has 5 heteroatoms. The molecular weight excluding hydrogens is 272 g/mol. The Morgan fingerprint density at radius 2 is 2.15 bits per heavy atom. The van der Waals surface area contributed by atoms with E-state index in [4.69, 9.17) is 4.74 Å². The minimum Gasteiger partial charge on any atom is -0.389 e. The molecule has 0 spiro atoms. The van der Waals surface area contributed by atoms with Crippen molar-refractivity contribution in [3.8, 4) is 0 Å². The van der Waals surface area contributed by atoms with Crippen molar-refractivity contribution in [2.45, 2.75) is 25.7 Å². The molecule has 0 saturated carbocycles. The van der Waals surface area contributed by atoms with Gasteiger partial charge in [-0.05, 0) is 36.1 Å². The zero-order valence-corrected chi connectivity index (χ0v) is 12.3. The van der Waals surface area contributed by atoms with Crippen molar-refractivity contribution in [1.82, 2.24) is 10.3 Å². The van der Waals surface area contributed by atoms with Crippen molar-refractivity contribution < 1.29 is 9.84 Å². The summed E-state index contributed by atoms with van der Waals surface area (Å²) in [6, 6.07) is 8.15. The maximum atomic E-state index is 9.88. The number of pyridine rings is 1. The van der Waals surface area contributed by atoms with E-state index in [1.807, 2.05) is 29.6 Å². The third-order valence-electron chi connectivity index (χ3n) is 3.00. The van der Waals surface area contributed by atoms with Crippen LogP contribution in [0, 0.1) is 0 Å². The number of aliphatic hydroxyl groups excluding tert-OH is 1. The fraction of sp³-hybridized carbons (Fsp3) is 0.400. The number of hydrogen-bond acceptors (Lipinski definition) is 5. The first-order valence-corrected chi connectivity index (χ1v) is 7.55. The van der Waals surface area contributed by atoms with Gasteiger partial charge in [-0.25, -0.2) is 0 Å². The summed E-state index contributed by atoms with van der Waals surface area (Å²) < 4.78 is 5.49. The Labute approximate surface area is 123 Å². The third kappa shape index (κ3) is 5.02. The van der Waals surface area contributed by atoms with E-state index in [1.165, 1.54) is 4.88 Å². The fourth-order valence-corrected chi connectivity index (χ4v) is 2.47. The number of aliphatic hydroxyl groups is 1. The molecule has 2 N–H and O–H groups in total. The molecule has 2 rings (SSSR count). The van der Waals surface area contributed by atoms with Crippen LogP contribution in [0.25, 0.3) is 0 Å². The van der Waals surface area contributed by atoms with Gasteiger partial charge in [-0.2, -0.15) is 0 Å². The molecule has 0 saturated heterocycles. The predicted octanol–water partition coefficient (Wildman–Crippen LogP) is 2.37. The van der Waals surface area contributed by atoms with E-state index >= 15 is 0 Å². The second-order valence-corrected chi connectivity index (χ2v) is 5.69. The zero-order chi connectivity index (χ0) is 14.2. The van der Waals surface area contributed by atoms with Crippen molar-refractivity contribution >= 4 is 11.3 Å². The molecule has 2 heterocycles. The smallest absolute Gasteiger partial charge is 0.0898 e. The summed E-state index contributed by atoms with van der Waals surface area (Å²) in [4.78, 5) is 5.17. The van der Waals surface area contributed by atoms with Crippen LogP contribution in [0.4, 0.5) is 0 Å². The van der Waals surface area contributed by atoms with E-state index in [2.05, 4.69) is 17.2 Å². The van der Waals surface area contributed by atoms with Gasteiger partial charge in [-0.3, -0.25) is 4.98 Å². The predicted molar refractivity (Wildman–Crippen MR) is 80.6 cm³/mol.